The molecule has 0 aliphatic carbocycles. The lowest BCUT2D eigenvalue weighted by molar-refractivity contribution is 0.268. The van der Waals surface area contributed by atoms with E-state index in [1.54, 1.807) is 14.2 Å². The van der Waals surface area contributed by atoms with Gasteiger partial charge in [0, 0.05) is 62.7 Å². The molecule has 170 valence electrons. The zero-order chi connectivity index (χ0) is 21.9. The van der Waals surface area contributed by atoms with Crippen molar-refractivity contribution in [3.05, 3.63) is 18.2 Å². The van der Waals surface area contributed by atoms with Crippen LogP contribution in [0, 0.1) is 0 Å². The van der Waals surface area contributed by atoms with Gasteiger partial charge in [-0.15, -0.1) is 0 Å². The Bertz CT molecular complexity index is 635. The van der Waals surface area contributed by atoms with Crippen molar-refractivity contribution in [1.29, 1.82) is 0 Å². The number of piperidine rings is 1. The minimum Gasteiger partial charge on any atom is -0.497 e. The molecule has 7 heteroatoms. The lowest BCUT2D eigenvalue weighted by Crippen LogP contribution is -2.49. The Morgan fingerprint density at radius 2 is 1.77 bits per heavy atom. The molecule has 0 aromatic heterocycles. The van der Waals surface area contributed by atoms with Crippen LogP contribution >= 0.6 is 0 Å². The van der Waals surface area contributed by atoms with Gasteiger partial charge in [-0.05, 0) is 53.1 Å². The van der Waals surface area contributed by atoms with Crippen molar-refractivity contribution < 1.29 is 9.47 Å². The van der Waals surface area contributed by atoms with E-state index in [4.69, 9.17) is 9.47 Å². The number of anilines is 1. The lowest BCUT2D eigenvalue weighted by Gasteiger charge is -2.34. The molecule has 2 N–H and O–H groups in total. The van der Waals surface area contributed by atoms with Gasteiger partial charge in [0.2, 0.25) is 0 Å². The Balaban J connectivity index is 1.74. The first-order valence-corrected chi connectivity index (χ1v) is 11.1. The fraction of sp³-hybridized carbons (Fsp3) is 0.696. The Kier molecular flexibility index (Phi) is 10.1. The summed E-state index contributed by atoms with van der Waals surface area (Å²) in [4.78, 5) is 9.18. The average molecular weight is 420 g/mol. The highest BCUT2D eigenvalue weighted by Crippen LogP contribution is 2.30. The maximum Gasteiger partial charge on any atom is 0.191 e. The van der Waals surface area contributed by atoms with E-state index in [0.717, 1.165) is 68.6 Å². The molecule has 0 spiro atoms. The third-order valence-electron chi connectivity index (χ3n) is 5.87. The molecular weight excluding hydrogens is 378 g/mol. The highest BCUT2D eigenvalue weighted by Gasteiger charge is 2.21. The number of guanidine groups is 1. The molecule has 1 aromatic rings. The number of ether oxygens (including phenoxy) is 2. The first-order chi connectivity index (χ1) is 14.5. The Morgan fingerprint density at radius 1 is 1.13 bits per heavy atom. The zero-order valence-corrected chi connectivity index (χ0v) is 19.7. The van der Waals surface area contributed by atoms with Gasteiger partial charge in [-0.2, -0.15) is 0 Å². The fourth-order valence-corrected chi connectivity index (χ4v) is 3.60. The van der Waals surface area contributed by atoms with Crippen LogP contribution in [0.5, 0.6) is 11.5 Å². The van der Waals surface area contributed by atoms with Gasteiger partial charge in [0.05, 0.1) is 14.2 Å². The van der Waals surface area contributed by atoms with Crippen LogP contribution in [0.15, 0.2) is 23.2 Å². The number of benzene rings is 1. The molecule has 0 atom stereocenters. The molecule has 0 unspecified atom stereocenters. The number of nitrogens with zero attached hydrogens (tertiary/aromatic N) is 3. The van der Waals surface area contributed by atoms with E-state index < -0.39 is 0 Å². The van der Waals surface area contributed by atoms with Crippen LogP contribution in [0.2, 0.25) is 0 Å². The van der Waals surface area contributed by atoms with Crippen LogP contribution in [0.4, 0.5) is 5.69 Å². The maximum absolute atomic E-state index is 5.41. The zero-order valence-electron chi connectivity index (χ0n) is 19.7. The second-order valence-electron chi connectivity index (χ2n) is 8.26. The number of aliphatic imine (C=N–C) groups is 1. The molecule has 1 fully saturated rings. The summed E-state index contributed by atoms with van der Waals surface area (Å²) in [5, 5.41) is 7.06. The summed E-state index contributed by atoms with van der Waals surface area (Å²) in [7, 11) is 7.41. The monoisotopic (exact) mass is 419 g/mol. The van der Waals surface area contributed by atoms with Gasteiger partial charge in [0.1, 0.15) is 11.5 Å². The van der Waals surface area contributed by atoms with Crippen LogP contribution < -0.4 is 25.0 Å². The second-order valence-corrected chi connectivity index (χ2v) is 8.26. The summed E-state index contributed by atoms with van der Waals surface area (Å²) in [6.45, 7) is 8.55. The molecule has 30 heavy (non-hydrogen) atoms. The summed E-state index contributed by atoms with van der Waals surface area (Å²) in [6.07, 6.45) is 4.48. The molecule has 0 amide bonds. The van der Waals surface area contributed by atoms with E-state index in [0.29, 0.717) is 12.1 Å². The van der Waals surface area contributed by atoms with Crippen molar-refractivity contribution in [3.63, 3.8) is 0 Å². The molecule has 2 rings (SSSR count). The molecule has 1 aliphatic rings. The van der Waals surface area contributed by atoms with Crippen LogP contribution in [0.1, 0.15) is 39.5 Å². The van der Waals surface area contributed by atoms with Crippen molar-refractivity contribution in [2.45, 2.75) is 51.6 Å². The fourth-order valence-electron chi connectivity index (χ4n) is 3.60. The van der Waals surface area contributed by atoms with Gasteiger partial charge < -0.3 is 29.9 Å². The maximum atomic E-state index is 5.41. The molecule has 0 saturated carbocycles. The van der Waals surface area contributed by atoms with Crippen molar-refractivity contribution in [3.8, 4) is 11.5 Å². The van der Waals surface area contributed by atoms with E-state index >= 15 is 0 Å². The molecule has 1 saturated heterocycles. The quantitative estimate of drug-likeness (QED) is 0.345. The first-order valence-electron chi connectivity index (χ1n) is 11.1. The van der Waals surface area contributed by atoms with Crippen LogP contribution in [0.3, 0.4) is 0 Å². The number of hydrogen-bond acceptors (Lipinski definition) is 5. The number of nitrogens with one attached hydrogen (secondary N) is 2. The number of unbranched alkanes of at least 4 members (excludes halogenated alkanes) is 1. The Morgan fingerprint density at radius 3 is 2.30 bits per heavy atom. The van der Waals surface area contributed by atoms with Crippen molar-refractivity contribution in [2.75, 3.05) is 59.4 Å². The number of methoxy groups -OCH3 is 2. The smallest absolute Gasteiger partial charge is 0.191 e. The van der Waals surface area contributed by atoms with E-state index in [9.17, 15) is 0 Å². The summed E-state index contributed by atoms with van der Waals surface area (Å²) in [5.41, 5.74) is 1.15. The van der Waals surface area contributed by atoms with E-state index in [2.05, 4.69) is 58.5 Å². The van der Waals surface area contributed by atoms with Gasteiger partial charge in [-0.1, -0.05) is 0 Å². The van der Waals surface area contributed by atoms with Crippen LogP contribution in [0.25, 0.3) is 0 Å². The third-order valence-corrected chi connectivity index (χ3v) is 5.87. The molecular formula is C23H41N5O2. The largest absolute Gasteiger partial charge is 0.497 e. The van der Waals surface area contributed by atoms with Gasteiger partial charge in [0.25, 0.3) is 0 Å². The molecule has 1 aliphatic heterocycles. The van der Waals surface area contributed by atoms with E-state index in [-0.39, 0.29) is 0 Å². The van der Waals surface area contributed by atoms with Crippen molar-refractivity contribution in [1.82, 2.24) is 15.5 Å². The lowest BCUT2D eigenvalue weighted by atomic mass is 10.0. The summed E-state index contributed by atoms with van der Waals surface area (Å²) >= 11 is 0. The van der Waals surface area contributed by atoms with Crippen LogP contribution in [-0.4, -0.2) is 77.4 Å². The third kappa shape index (κ3) is 7.59. The Hall–Kier alpha value is -2.15. The molecule has 0 radical (unpaired) electrons. The topological polar surface area (TPSA) is 61.4 Å². The highest BCUT2D eigenvalue weighted by molar-refractivity contribution is 5.80. The summed E-state index contributed by atoms with van der Waals surface area (Å²) < 4.78 is 10.8. The number of hydrogen-bond donors (Lipinski definition) is 2. The molecule has 0 bridgehead atoms. The van der Waals surface area contributed by atoms with Gasteiger partial charge in [0.15, 0.2) is 5.96 Å². The molecule has 1 aromatic carbocycles. The normalized spacial score (nSPS) is 15.6. The van der Waals surface area contributed by atoms with Gasteiger partial charge in [-0.25, -0.2) is 0 Å². The standard InChI is InChI=1S/C23H41N5O2/c1-18(2)27(4)12-8-7-11-25-23(24-3)26-19-9-13-28(14-10-19)20-15-21(29-5)17-22(16-20)30-6/h15-19H,7-14H2,1-6H3,(H2,24,25,26). The van der Waals surface area contributed by atoms with E-state index in [1.165, 1.54) is 6.42 Å². The highest BCUT2D eigenvalue weighted by atomic mass is 16.5. The minimum atomic E-state index is 0.437. The first kappa shape index (κ1) is 24.1. The minimum absolute atomic E-state index is 0.437. The molecule has 7 nitrogen and oxygen atoms in total. The Labute approximate surface area is 182 Å². The van der Waals surface area contributed by atoms with E-state index in [1.807, 2.05) is 13.1 Å². The summed E-state index contributed by atoms with van der Waals surface area (Å²) in [6, 6.07) is 7.11. The molecule has 1 heterocycles. The van der Waals surface area contributed by atoms with Crippen molar-refractivity contribution in [2.24, 2.45) is 4.99 Å². The van der Waals surface area contributed by atoms with Crippen molar-refractivity contribution >= 4 is 11.6 Å². The predicted molar refractivity (Wildman–Crippen MR) is 126 cm³/mol. The van der Waals surface area contributed by atoms with Gasteiger partial charge in [-0.3, -0.25) is 4.99 Å². The van der Waals surface area contributed by atoms with Gasteiger partial charge >= 0.3 is 0 Å². The SMILES string of the molecule is CN=C(NCCCCN(C)C(C)C)NC1CCN(c2cc(OC)cc(OC)c2)CC1. The second kappa shape index (κ2) is 12.5. The predicted octanol–water partition coefficient (Wildman–Crippen LogP) is 2.96. The summed E-state index contributed by atoms with van der Waals surface area (Å²) in [5.74, 6) is 2.57. The average Bonchev–Trinajstić information content (AvgIpc) is 2.77. The number of rotatable bonds is 10. The van der Waals surface area contributed by atoms with Crippen LogP contribution in [-0.2, 0) is 0 Å².